The summed E-state index contributed by atoms with van der Waals surface area (Å²) in [6.45, 7) is 6.01. The first-order valence-corrected chi connectivity index (χ1v) is 11.4. The van der Waals surface area contributed by atoms with Crippen molar-refractivity contribution in [2.75, 3.05) is 18.4 Å². The summed E-state index contributed by atoms with van der Waals surface area (Å²) in [5, 5.41) is 7.65. The van der Waals surface area contributed by atoms with Crippen LogP contribution in [0.5, 0.6) is 0 Å². The zero-order valence-electron chi connectivity index (χ0n) is 17.9. The Morgan fingerprint density at radius 3 is 2.61 bits per heavy atom. The van der Waals surface area contributed by atoms with Gasteiger partial charge in [0.1, 0.15) is 0 Å². The summed E-state index contributed by atoms with van der Waals surface area (Å²) in [6.07, 6.45) is 0.985. The van der Waals surface area contributed by atoms with Gasteiger partial charge in [-0.1, -0.05) is 42.5 Å². The zero-order chi connectivity index (χ0) is 21.8. The molecule has 0 aliphatic carbocycles. The van der Waals surface area contributed by atoms with Crippen molar-refractivity contribution in [3.63, 3.8) is 0 Å². The maximum Gasteiger partial charge on any atom is 0.313 e. The summed E-state index contributed by atoms with van der Waals surface area (Å²) < 4.78 is 0. The van der Waals surface area contributed by atoms with E-state index >= 15 is 0 Å². The number of benzene rings is 2. The minimum absolute atomic E-state index is 0.0332. The molecule has 2 aromatic carbocycles. The van der Waals surface area contributed by atoms with E-state index in [4.69, 9.17) is 0 Å². The third-order valence-electron chi connectivity index (χ3n) is 5.78. The quantitative estimate of drug-likeness (QED) is 0.593. The van der Waals surface area contributed by atoms with Crippen molar-refractivity contribution >= 4 is 28.8 Å². The van der Waals surface area contributed by atoms with Crippen molar-refractivity contribution in [3.8, 4) is 0 Å². The molecule has 1 atom stereocenters. The molecular formula is C25H27N3O2S. The van der Waals surface area contributed by atoms with Crippen molar-refractivity contribution in [1.82, 2.24) is 10.2 Å². The van der Waals surface area contributed by atoms with Crippen LogP contribution in [-0.2, 0) is 22.6 Å². The Bertz CT molecular complexity index is 1080. The monoisotopic (exact) mass is 433 g/mol. The van der Waals surface area contributed by atoms with Crippen LogP contribution in [0.15, 0.2) is 60.0 Å². The van der Waals surface area contributed by atoms with Crippen molar-refractivity contribution in [3.05, 3.63) is 87.1 Å². The summed E-state index contributed by atoms with van der Waals surface area (Å²) in [7, 11) is 0. The summed E-state index contributed by atoms with van der Waals surface area (Å²) in [6, 6.07) is 18.5. The lowest BCUT2D eigenvalue weighted by Crippen LogP contribution is -2.43. The number of carbonyl (C=O) groups is 2. The number of thiophene rings is 1. The van der Waals surface area contributed by atoms with Crippen molar-refractivity contribution in [2.45, 2.75) is 32.9 Å². The molecule has 2 amide bonds. The van der Waals surface area contributed by atoms with E-state index < -0.39 is 11.8 Å². The van der Waals surface area contributed by atoms with E-state index in [0.717, 1.165) is 30.6 Å². The molecule has 6 heteroatoms. The van der Waals surface area contributed by atoms with E-state index in [1.54, 1.807) is 11.3 Å². The molecule has 0 bridgehead atoms. The fourth-order valence-electron chi connectivity index (χ4n) is 3.99. The van der Waals surface area contributed by atoms with Crippen LogP contribution in [0, 0.1) is 13.8 Å². The number of amides is 2. The molecule has 0 spiro atoms. The van der Waals surface area contributed by atoms with Crippen LogP contribution in [0.3, 0.4) is 0 Å². The van der Waals surface area contributed by atoms with Gasteiger partial charge in [-0.3, -0.25) is 14.5 Å². The molecule has 2 N–H and O–H groups in total. The minimum atomic E-state index is -0.636. The number of aryl methyl sites for hydroxylation is 2. The van der Waals surface area contributed by atoms with Gasteiger partial charge in [-0.05, 0) is 60.0 Å². The third kappa shape index (κ3) is 5.03. The molecule has 5 nitrogen and oxygen atoms in total. The molecule has 4 rings (SSSR count). The van der Waals surface area contributed by atoms with Crippen LogP contribution in [-0.4, -0.2) is 29.8 Å². The third-order valence-corrected chi connectivity index (χ3v) is 6.75. The van der Waals surface area contributed by atoms with Crippen molar-refractivity contribution in [1.29, 1.82) is 0 Å². The predicted molar refractivity (Wildman–Crippen MR) is 125 cm³/mol. The summed E-state index contributed by atoms with van der Waals surface area (Å²) >= 11 is 1.68. The number of rotatable bonds is 5. The topological polar surface area (TPSA) is 61.4 Å². The number of anilines is 1. The van der Waals surface area contributed by atoms with E-state index in [0.29, 0.717) is 12.2 Å². The minimum Gasteiger partial charge on any atom is -0.346 e. The van der Waals surface area contributed by atoms with Gasteiger partial charge in [0.05, 0.1) is 6.04 Å². The lowest BCUT2D eigenvalue weighted by molar-refractivity contribution is -0.136. The van der Waals surface area contributed by atoms with Crippen LogP contribution in [0.4, 0.5) is 5.69 Å². The Balaban J connectivity index is 1.43. The van der Waals surface area contributed by atoms with E-state index in [1.165, 1.54) is 16.0 Å². The average Bonchev–Trinajstić information content (AvgIpc) is 3.30. The average molecular weight is 434 g/mol. The van der Waals surface area contributed by atoms with Gasteiger partial charge in [0, 0.05) is 30.2 Å². The van der Waals surface area contributed by atoms with Crippen molar-refractivity contribution in [2.24, 2.45) is 0 Å². The Hall–Kier alpha value is -2.96. The van der Waals surface area contributed by atoms with E-state index in [9.17, 15) is 9.59 Å². The second-order valence-corrected chi connectivity index (χ2v) is 8.98. The first-order valence-electron chi connectivity index (χ1n) is 10.5. The summed E-state index contributed by atoms with van der Waals surface area (Å²) in [5.41, 5.74) is 5.34. The summed E-state index contributed by atoms with van der Waals surface area (Å²) in [4.78, 5) is 28.6. The molecule has 0 fully saturated rings. The molecule has 0 unspecified atom stereocenters. The lowest BCUT2D eigenvalue weighted by Gasteiger charge is -2.35. The molecule has 31 heavy (non-hydrogen) atoms. The highest BCUT2D eigenvalue weighted by Crippen LogP contribution is 2.30. The lowest BCUT2D eigenvalue weighted by atomic mass is 9.98. The van der Waals surface area contributed by atoms with Gasteiger partial charge in [-0.2, -0.15) is 0 Å². The SMILES string of the molecule is Cc1ccc(C)c(NC(=O)C(=O)NC[C@@H](c2cccs2)N2CCc3ccccc3C2)c1. The van der Waals surface area contributed by atoms with Gasteiger partial charge in [0.15, 0.2) is 0 Å². The number of fused-ring (bicyclic) bond motifs is 1. The molecule has 1 aromatic heterocycles. The number of hydrogen-bond acceptors (Lipinski definition) is 4. The number of carbonyl (C=O) groups excluding carboxylic acids is 2. The normalized spacial score (nSPS) is 14.5. The largest absolute Gasteiger partial charge is 0.346 e. The Kier molecular flexibility index (Phi) is 6.49. The molecule has 160 valence electrons. The van der Waals surface area contributed by atoms with Gasteiger partial charge in [0.25, 0.3) is 0 Å². The van der Waals surface area contributed by atoms with Crippen LogP contribution in [0.25, 0.3) is 0 Å². The molecule has 1 aliphatic rings. The van der Waals surface area contributed by atoms with E-state index in [2.05, 4.69) is 51.2 Å². The maximum absolute atomic E-state index is 12.6. The highest BCUT2D eigenvalue weighted by molar-refractivity contribution is 7.10. The zero-order valence-corrected chi connectivity index (χ0v) is 18.7. The molecule has 0 saturated heterocycles. The van der Waals surface area contributed by atoms with Gasteiger partial charge in [-0.25, -0.2) is 0 Å². The van der Waals surface area contributed by atoms with Gasteiger partial charge < -0.3 is 10.6 Å². The highest BCUT2D eigenvalue weighted by atomic mass is 32.1. The standard InChI is InChI=1S/C25H27N3O2S/c1-17-9-10-18(2)21(14-17)27-25(30)24(29)26-15-22(23-8-5-13-31-23)28-12-11-19-6-3-4-7-20(19)16-28/h3-10,13-14,22H,11-12,15-16H2,1-2H3,(H,26,29)(H,27,30)/t22-/m0/s1. The smallest absolute Gasteiger partial charge is 0.313 e. The fraction of sp³-hybridized carbons (Fsp3) is 0.280. The molecule has 0 radical (unpaired) electrons. The second-order valence-electron chi connectivity index (χ2n) is 8.00. The van der Waals surface area contributed by atoms with Crippen LogP contribution in [0.1, 0.15) is 33.2 Å². The highest BCUT2D eigenvalue weighted by Gasteiger charge is 2.27. The van der Waals surface area contributed by atoms with Gasteiger partial charge in [0.2, 0.25) is 0 Å². The molecule has 2 heterocycles. The summed E-state index contributed by atoms with van der Waals surface area (Å²) in [5.74, 6) is -1.25. The van der Waals surface area contributed by atoms with E-state index in [-0.39, 0.29) is 6.04 Å². The van der Waals surface area contributed by atoms with Gasteiger partial charge >= 0.3 is 11.8 Å². The van der Waals surface area contributed by atoms with Gasteiger partial charge in [-0.15, -0.1) is 11.3 Å². The predicted octanol–water partition coefficient (Wildman–Crippen LogP) is 4.22. The Labute approximate surface area is 187 Å². The number of nitrogens with zero attached hydrogens (tertiary/aromatic N) is 1. The maximum atomic E-state index is 12.6. The molecular weight excluding hydrogens is 406 g/mol. The Morgan fingerprint density at radius 2 is 1.84 bits per heavy atom. The Morgan fingerprint density at radius 1 is 1.03 bits per heavy atom. The number of hydrogen-bond donors (Lipinski definition) is 2. The first-order chi connectivity index (χ1) is 15.0. The van der Waals surface area contributed by atoms with E-state index in [1.807, 2.05) is 38.1 Å². The number of nitrogens with one attached hydrogen (secondary N) is 2. The molecule has 1 aliphatic heterocycles. The second kappa shape index (κ2) is 9.45. The fourth-order valence-corrected chi connectivity index (χ4v) is 4.85. The van der Waals surface area contributed by atoms with Crippen molar-refractivity contribution < 1.29 is 9.59 Å². The molecule has 3 aromatic rings. The van der Waals surface area contributed by atoms with Crippen LogP contribution in [0.2, 0.25) is 0 Å². The van der Waals surface area contributed by atoms with Crippen LogP contribution < -0.4 is 10.6 Å². The van der Waals surface area contributed by atoms with Crippen LogP contribution >= 0.6 is 11.3 Å². The molecule has 0 saturated carbocycles. The first kappa shape index (κ1) is 21.3.